The summed E-state index contributed by atoms with van der Waals surface area (Å²) in [7, 11) is 0. The molecule has 0 saturated carbocycles. The van der Waals surface area contributed by atoms with Crippen LogP contribution in [0.4, 0.5) is 4.39 Å². The first-order chi connectivity index (χ1) is 8.31. The summed E-state index contributed by atoms with van der Waals surface area (Å²) < 4.78 is 18.4. The van der Waals surface area contributed by atoms with E-state index in [4.69, 9.17) is 10.3 Å². The van der Waals surface area contributed by atoms with Crippen molar-refractivity contribution in [1.82, 2.24) is 5.43 Å². The lowest BCUT2D eigenvalue weighted by molar-refractivity contribution is 0.548. The van der Waals surface area contributed by atoms with Crippen LogP contribution in [-0.4, -0.2) is 5.75 Å². The molecular weight excluding hydrogens is 239 g/mol. The standard InChI is InChI=1S/C12H13FN2OS/c13-10-3-1-2-4-12(10)17-8-11(15-14)9-5-6-16-7-9/h1-7,11,15H,8,14H2. The van der Waals surface area contributed by atoms with Crippen LogP contribution in [0.2, 0.25) is 0 Å². The first-order valence-electron chi connectivity index (χ1n) is 5.17. The molecule has 0 bridgehead atoms. The van der Waals surface area contributed by atoms with Crippen molar-refractivity contribution < 1.29 is 8.81 Å². The van der Waals surface area contributed by atoms with Crippen LogP contribution in [-0.2, 0) is 0 Å². The first-order valence-corrected chi connectivity index (χ1v) is 6.15. The molecule has 1 atom stereocenters. The Kier molecular flexibility index (Phi) is 4.19. The van der Waals surface area contributed by atoms with Crippen molar-refractivity contribution in [3.63, 3.8) is 0 Å². The van der Waals surface area contributed by atoms with Gasteiger partial charge in [-0.3, -0.25) is 11.3 Å². The van der Waals surface area contributed by atoms with Crippen LogP contribution in [0.15, 0.2) is 52.2 Å². The third-order valence-electron chi connectivity index (χ3n) is 2.39. The van der Waals surface area contributed by atoms with Crippen LogP contribution >= 0.6 is 11.8 Å². The molecule has 3 N–H and O–H groups in total. The number of halogens is 1. The van der Waals surface area contributed by atoms with Gasteiger partial charge in [-0.05, 0) is 18.2 Å². The predicted molar refractivity (Wildman–Crippen MR) is 65.9 cm³/mol. The first kappa shape index (κ1) is 12.2. The Morgan fingerprint density at radius 1 is 1.35 bits per heavy atom. The van der Waals surface area contributed by atoms with Crippen molar-refractivity contribution in [1.29, 1.82) is 0 Å². The van der Waals surface area contributed by atoms with Crippen LogP contribution in [0.3, 0.4) is 0 Å². The number of hydrogen-bond donors (Lipinski definition) is 2. The summed E-state index contributed by atoms with van der Waals surface area (Å²) in [5, 5.41) is 0. The van der Waals surface area contributed by atoms with E-state index < -0.39 is 0 Å². The maximum absolute atomic E-state index is 13.4. The number of nitrogens with one attached hydrogen (secondary N) is 1. The lowest BCUT2D eigenvalue weighted by atomic mass is 10.2. The molecule has 0 saturated heterocycles. The topological polar surface area (TPSA) is 51.2 Å². The smallest absolute Gasteiger partial charge is 0.136 e. The molecule has 1 aromatic heterocycles. The van der Waals surface area contributed by atoms with Gasteiger partial charge in [-0.25, -0.2) is 4.39 Å². The SMILES string of the molecule is NNC(CSc1ccccc1F)c1ccoc1. The number of rotatable bonds is 5. The minimum Gasteiger partial charge on any atom is -0.472 e. The second kappa shape index (κ2) is 5.86. The molecule has 0 radical (unpaired) electrons. The molecule has 0 spiro atoms. The molecule has 0 amide bonds. The third kappa shape index (κ3) is 3.09. The van der Waals surface area contributed by atoms with Crippen molar-refractivity contribution in [2.75, 3.05) is 5.75 Å². The van der Waals surface area contributed by atoms with Gasteiger partial charge in [0.1, 0.15) is 5.82 Å². The second-order valence-corrected chi connectivity index (χ2v) is 4.58. The average Bonchev–Trinajstić information content (AvgIpc) is 2.86. The number of hydrazine groups is 1. The summed E-state index contributed by atoms with van der Waals surface area (Å²) in [6.45, 7) is 0. The van der Waals surface area contributed by atoms with Crippen molar-refractivity contribution in [2.45, 2.75) is 10.9 Å². The Morgan fingerprint density at radius 2 is 2.18 bits per heavy atom. The fraction of sp³-hybridized carbons (Fsp3) is 0.167. The van der Waals surface area contributed by atoms with Gasteiger partial charge in [0.2, 0.25) is 0 Å². The van der Waals surface area contributed by atoms with Gasteiger partial charge in [-0.15, -0.1) is 11.8 Å². The van der Waals surface area contributed by atoms with Crippen molar-refractivity contribution >= 4 is 11.8 Å². The molecule has 90 valence electrons. The Balaban J connectivity index is 2.00. The van der Waals surface area contributed by atoms with Gasteiger partial charge in [0.15, 0.2) is 0 Å². The van der Waals surface area contributed by atoms with Crippen LogP contribution in [0.25, 0.3) is 0 Å². The Morgan fingerprint density at radius 3 is 2.82 bits per heavy atom. The summed E-state index contributed by atoms with van der Waals surface area (Å²) >= 11 is 1.42. The minimum atomic E-state index is -0.208. The van der Waals surface area contributed by atoms with Gasteiger partial charge in [-0.2, -0.15) is 0 Å². The molecule has 3 nitrogen and oxygen atoms in total. The Labute approximate surface area is 103 Å². The number of furan rings is 1. The Bertz CT molecular complexity index is 461. The summed E-state index contributed by atoms with van der Waals surface area (Å²) in [4.78, 5) is 0.622. The van der Waals surface area contributed by atoms with E-state index in [1.807, 2.05) is 12.1 Å². The third-order valence-corrected chi connectivity index (χ3v) is 3.53. The van der Waals surface area contributed by atoms with E-state index in [-0.39, 0.29) is 11.9 Å². The van der Waals surface area contributed by atoms with E-state index in [1.165, 1.54) is 17.8 Å². The largest absolute Gasteiger partial charge is 0.472 e. The molecule has 2 aromatic rings. The van der Waals surface area contributed by atoms with Crippen molar-refractivity contribution in [3.8, 4) is 0 Å². The highest BCUT2D eigenvalue weighted by Gasteiger charge is 2.12. The lowest BCUT2D eigenvalue weighted by Crippen LogP contribution is -2.29. The quantitative estimate of drug-likeness (QED) is 0.488. The fourth-order valence-corrected chi connectivity index (χ4v) is 2.46. The highest BCUT2D eigenvalue weighted by atomic mass is 32.2. The zero-order chi connectivity index (χ0) is 12.1. The predicted octanol–water partition coefficient (Wildman–Crippen LogP) is 2.72. The molecule has 1 heterocycles. The lowest BCUT2D eigenvalue weighted by Gasteiger charge is -2.13. The van der Waals surface area contributed by atoms with Crippen LogP contribution in [0.5, 0.6) is 0 Å². The van der Waals surface area contributed by atoms with Gasteiger partial charge in [-0.1, -0.05) is 12.1 Å². The summed E-state index contributed by atoms with van der Waals surface area (Å²) in [5.74, 6) is 5.90. The summed E-state index contributed by atoms with van der Waals surface area (Å²) in [6, 6.07) is 8.47. The van der Waals surface area contributed by atoms with Gasteiger partial charge in [0, 0.05) is 16.2 Å². The molecule has 1 aromatic carbocycles. The monoisotopic (exact) mass is 252 g/mol. The minimum absolute atomic E-state index is 0.0571. The zero-order valence-corrected chi connectivity index (χ0v) is 9.91. The molecule has 0 aliphatic carbocycles. The maximum atomic E-state index is 13.4. The zero-order valence-electron chi connectivity index (χ0n) is 9.10. The highest BCUT2D eigenvalue weighted by molar-refractivity contribution is 7.99. The normalized spacial score (nSPS) is 12.6. The van der Waals surface area contributed by atoms with Crippen molar-refractivity contribution in [2.24, 2.45) is 5.84 Å². The van der Waals surface area contributed by atoms with E-state index in [0.717, 1.165) is 5.56 Å². The average molecular weight is 252 g/mol. The van der Waals surface area contributed by atoms with Crippen LogP contribution in [0, 0.1) is 5.82 Å². The van der Waals surface area contributed by atoms with Crippen LogP contribution in [0.1, 0.15) is 11.6 Å². The van der Waals surface area contributed by atoms with Gasteiger partial charge >= 0.3 is 0 Å². The second-order valence-electron chi connectivity index (χ2n) is 3.52. The van der Waals surface area contributed by atoms with E-state index in [2.05, 4.69) is 5.43 Å². The molecule has 2 rings (SSSR count). The van der Waals surface area contributed by atoms with Crippen LogP contribution < -0.4 is 11.3 Å². The highest BCUT2D eigenvalue weighted by Crippen LogP contribution is 2.26. The summed E-state index contributed by atoms with van der Waals surface area (Å²) in [6.07, 6.45) is 3.22. The van der Waals surface area contributed by atoms with Gasteiger partial charge in [0.05, 0.1) is 18.6 Å². The molecule has 0 fully saturated rings. The number of hydrogen-bond acceptors (Lipinski definition) is 4. The van der Waals surface area contributed by atoms with E-state index in [0.29, 0.717) is 10.6 Å². The number of benzene rings is 1. The van der Waals surface area contributed by atoms with Crippen molar-refractivity contribution in [3.05, 3.63) is 54.2 Å². The van der Waals surface area contributed by atoms with E-state index >= 15 is 0 Å². The van der Waals surface area contributed by atoms with E-state index in [1.54, 1.807) is 24.7 Å². The molecule has 0 aliphatic heterocycles. The number of thioether (sulfide) groups is 1. The number of nitrogens with two attached hydrogens (primary N) is 1. The molecule has 5 heteroatoms. The fourth-order valence-electron chi connectivity index (χ4n) is 1.45. The van der Waals surface area contributed by atoms with Gasteiger partial charge < -0.3 is 4.42 Å². The molecule has 1 unspecified atom stereocenters. The van der Waals surface area contributed by atoms with Gasteiger partial charge in [0.25, 0.3) is 0 Å². The molecular formula is C12H13FN2OS. The Hall–Kier alpha value is -1.30. The molecule has 0 aliphatic rings. The molecule has 17 heavy (non-hydrogen) atoms. The van der Waals surface area contributed by atoms with E-state index in [9.17, 15) is 4.39 Å². The maximum Gasteiger partial charge on any atom is 0.136 e. The summed E-state index contributed by atoms with van der Waals surface area (Å²) in [5.41, 5.74) is 3.65.